The first-order chi connectivity index (χ1) is 9.06. The zero-order valence-electron chi connectivity index (χ0n) is 11.3. The van der Waals surface area contributed by atoms with Crippen molar-refractivity contribution in [1.29, 1.82) is 0 Å². The average Bonchev–Trinajstić information content (AvgIpc) is 2.40. The molecule has 2 rings (SSSR count). The normalized spacial score (nSPS) is 24.9. The zero-order valence-corrected chi connectivity index (χ0v) is 11.3. The number of carbonyl (C=O) groups is 1. The molecule has 0 saturated heterocycles. The lowest BCUT2D eigenvalue weighted by Crippen LogP contribution is -2.37. The number of hydrogen-bond donors (Lipinski definition) is 3. The molecule has 1 unspecified atom stereocenters. The molecular weight excluding hydrogens is 240 g/mol. The summed E-state index contributed by atoms with van der Waals surface area (Å²) in [6.07, 6.45) is 3.76. The molecule has 104 valence electrons. The van der Waals surface area contributed by atoms with Gasteiger partial charge in [0.1, 0.15) is 5.75 Å². The Hall–Kier alpha value is -1.55. The minimum Gasteiger partial charge on any atom is -0.508 e. The van der Waals surface area contributed by atoms with Gasteiger partial charge in [-0.3, -0.25) is 4.79 Å². The van der Waals surface area contributed by atoms with E-state index >= 15 is 0 Å². The lowest BCUT2D eigenvalue weighted by atomic mass is 9.85. The van der Waals surface area contributed by atoms with Gasteiger partial charge in [-0.25, -0.2) is 0 Å². The van der Waals surface area contributed by atoms with Crippen LogP contribution in [0.5, 0.6) is 5.75 Å². The van der Waals surface area contributed by atoms with Crippen LogP contribution in [-0.2, 0) is 4.79 Å². The number of hydrogen-bond acceptors (Lipinski definition) is 3. The van der Waals surface area contributed by atoms with Gasteiger partial charge in [-0.1, -0.05) is 12.1 Å². The number of nitrogens with two attached hydrogens (primary N) is 1. The van der Waals surface area contributed by atoms with E-state index in [0.717, 1.165) is 31.2 Å². The Labute approximate surface area is 114 Å². The first-order valence-corrected chi connectivity index (χ1v) is 6.90. The van der Waals surface area contributed by atoms with E-state index in [2.05, 4.69) is 12.2 Å². The van der Waals surface area contributed by atoms with Crippen LogP contribution in [-0.4, -0.2) is 17.1 Å². The first-order valence-electron chi connectivity index (χ1n) is 6.90. The van der Waals surface area contributed by atoms with Crippen molar-refractivity contribution in [2.75, 3.05) is 0 Å². The molecule has 0 aromatic heterocycles. The lowest BCUT2D eigenvalue weighted by Gasteiger charge is -2.30. The van der Waals surface area contributed by atoms with Crippen molar-refractivity contribution in [2.24, 2.45) is 11.7 Å². The number of primary amides is 1. The Kier molecular flexibility index (Phi) is 4.43. The number of rotatable bonds is 4. The van der Waals surface area contributed by atoms with Gasteiger partial charge >= 0.3 is 0 Å². The molecule has 0 aliphatic heterocycles. The predicted octanol–water partition coefficient (Wildman–Crippen LogP) is 2.09. The third kappa shape index (κ3) is 3.70. The zero-order chi connectivity index (χ0) is 13.8. The summed E-state index contributed by atoms with van der Waals surface area (Å²) >= 11 is 0. The molecule has 1 aliphatic rings. The smallest absolute Gasteiger partial charge is 0.220 e. The highest BCUT2D eigenvalue weighted by molar-refractivity contribution is 5.76. The molecule has 4 heteroatoms. The molecule has 1 aromatic carbocycles. The number of aromatic hydroxyl groups is 1. The van der Waals surface area contributed by atoms with Gasteiger partial charge in [0.15, 0.2) is 0 Å². The molecule has 0 radical (unpaired) electrons. The fourth-order valence-corrected chi connectivity index (χ4v) is 2.76. The molecular formula is C15H22N2O2. The van der Waals surface area contributed by atoms with E-state index in [1.807, 2.05) is 12.1 Å². The Balaban J connectivity index is 1.85. The van der Waals surface area contributed by atoms with Crippen LogP contribution < -0.4 is 11.1 Å². The highest BCUT2D eigenvalue weighted by Crippen LogP contribution is 2.26. The molecule has 0 spiro atoms. The summed E-state index contributed by atoms with van der Waals surface area (Å²) in [5.74, 6) is 0.185. The second-order valence-electron chi connectivity index (χ2n) is 5.43. The van der Waals surface area contributed by atoms with E-state index in [1.165, 1.54) is 0 Å². The molecule has 1 amide bonds. The van der Waals surface area contributed by atoms with Crippen molar-refractivity contribution >= 4 is 5.91 Å². The van der Waals surface area contributed by atoms with Crippen molar-refractivity contribution in [2.45, 2.75) is 44.7 Å². The van der Waals surface area contributed by atoms with Gasteiger partial charge in [0.05, 0.1) is 0 Å². The van der Waals surface area contributed by atoms with Crippen LogP contribution in [0.25, 0.3) is 0 Å². The summed E-state index contributed by atoms with van der Waals surface area (Å²) in [5, 5.41) is 12.9. The molecule has 4 nitrogen and oxygen atoms in total. The Bertz CT molecular complexity index is 422. The highest BCUT2D eigenvalue weighted by atomic mass is 16.3. The second-order valence-corrected chi connectivity index (χ2v) is 5.43. The summed E-state index contributed by atoms with van der Waals surface area (Å²) in [7, 11) is 0. The molecule has 1 fully saturated rings. The minimum atomic E-state index is -0.162. The van der Waals surface area contributed by atoms with Crippen molar-refractivity contribution in [1.82, 2.24) is 5.32 Å². The average molecular weight is 262 g/mol. The largest absolute Gasteiger partial charge is 0.508 e. The molecule has 1 atom stereocenters. The molecule has 1 aromatic rings. The van der Waals surface area contributed by atoms with Crippen LogP contribution in [0.3, 0.4) is 0 Å². The van der Waals surface area contributed by atoms with Gasteiger partial charge in [0.2, 0.25) is 5.91 Å². The maximum absolute atomic E-state index is 11.1. The Morgan fingerprint density at radius 2 is 1.84 bits per heavy atom. The maximum Gasteiger partial charge on any atom is 0.220 e. The van der Waals surface area contributed by atoms with E-state index in [0.29, 0.717) is 6.04 Å². The predicted molar refractivity (Wildman–Crippen MR) is 74.6 cm³/mol. The summed E-state index contributed by atoms with van der Waals surface area (Å²) < 4.78 is 0. The van der Waals surface area contributed by atoms with Gasteiger partial charge in [-0.15, -0.1) is 0 Å². The lowest BCUT2D eigenvalue weighted by molar-refractivity contribution is -0.122. The molecule has 4 N–H and O–H groups in total. The van der Waals surface area contributed by atoms with Gasteiger partial charge in [0.25, 0.3) is 0 Å². The van der Waals surface area contributed by atoms with Gasteiger partial charge in [-0.05, 0) is 50.3 Å². The van der Waals surface area contributed by atoms with Crippen molar-refractivity contribution < 1.29 is 9.90 Å². The number of phenolic OH excluding ortho intramolecular Hbond substituents is 1. The van der Waals surface area contributed by atoms with E-state index in [4.69, 9.17) is 5.73 Å². The molecule has 0 bridgehead atoms. The number of carbonyl (C=O) groups excluding carboxylic acids is 1. The third-order valence-electron chi connectivity index (χ3n) is 4.01. The van der Waals surface area contributed by atoms with Gasteiger partial charge in [0, 0.05) is 18.0 Å². The topological polar surface area (TPSA) is 75.3 Å². The van der Waals surface area contributed by atoms with Gasteiger partial charge in [-0.2, -0.15) is 0 Å². The minimum absolute atomic E-state index is 0.0574. The SMILES string of the molecule is CC(NC1CCC(C(N)=O)CC1)c1ccc(O)cc1. The van der Waals surface area contributed by atoms with Crippen LogP contribution in [0.2, 0.25) is 0 Å². The number of amides is 1. The maximum atomic E-state index is 11.1. The Morgan fingerprint density at radius 3 is 2.37 bits per heavy atom. The van der Waals surface area contributed by atoms with Crippen molar-refractivity contribution in [3.63, 3.8) is 0 Å². The summed E-state index contributed by atoms with van der Waals surface area (Å²) in [4.78, 5) is 11.1. The molecule has 19 heavy (non-hydrogen) atoms. The summed E-state index contributed by atoms with van der Waals surface area (Å²) in [6.45, 7) is 2.12. The fourth-order valence-electron chi connectivity index (χ4n) is 2.76. The highest BCUT2D eigenvalue weighted by Gasteiger charge is 2.25. The number of nitrogens with one attached hydrogen (secondary N) is 1. The standard InChI is InChI=1S/C15H22N2O2/c1-10(11-4-8-14(18)9-5-11)17-13-6-2-12(3-7-13)15(16)19/h4-5,8-10,12-13,17-18H,2-3,6-7H2,1H3,(H2,16,19). The van der Waals surface area contributed by atoms with Crippen molar-refractivity contribution in [3.8, 4) is 5.75 Å². The van der Waals surface area contributed by atoms with Crippen LogP contribution in [0.1, 0.15) is 44.2 Å². The molecule has 1 saturated carbocycles. The fraction of sp³-hybridized carbons (Fsp3) is 0.533. The monoisotopic (exact) mass is 262 g/mol. The summed E-state index contributed by atoms with van der Waals surface area (Å²) in [6, 6.07) is 7.97. The van der Waals surface area contributed by atoms with E-state index in [9.17, 15) is 9.90 Å². The van der Waals surface area contributed by atoms with Crippen molar-refractivity contribution in [3.05, 3.63) is 29.8 Å². The van der Waals surface area contributed by atoms with Crippen LogP contribution in [0.4, 0.5) is 0 Å². The van der Waals surface area contributed by atoms with Crippen LogP contribution >= 0.6 is 0 Å². The third-order valence-corrected chi connectivity index (χ3v) is 4.01. The quantitative estimate of drug-likeness (QED) is 0.777. The summed E-state index contributed by atoms with van der Waals surface area (Å²) in [5.41, 5.74) is 6.50. The van der Waals surface area contributed by atoms with E-state index < -0.39 is 0 Å². The Morgan fingerprint density at radius 1 is 1.26 bits per heavy atom. The first kappa shape index (κ1) is 13.9. The molecule has 0 heterocycles. The van der Waals surface area contributed by atoms with Crippen LogP contribution in [0, 0.1) is 5.92 Å². The number of benzene rings is 1. The second kappa shape index (κ2) is 6.06. The number of phenols is 1. The van der Waals surface area contributed by atoms with E-state index in [-0.39, 0.29) is 23.6 Å². The molecule has 1 aliphatic carbocycles. The van der Waals surface area contributed by atoms with Gasteiger partial charge < -0.3 is 16.2 Å². The van der Waals surface area contributed by atoms with E-state index in [1.54, 1.807) is 12.1 Å². The van der Waals surface area contributed by atoms with Crippen LogP contribution in [0.15, 0.2) is 24.3 Å².